The van der Waals surface area contributed by atoms with Crippen LogP contribution in [0.3, 0.4) is 0 Å². The zero-order valence-electron chi connectivity index (χ0n) is 9.48. The van der Waals surface area contributed by atoms with E-state index < -0.39 is 23.9 Å². The molecular formula is C9H11N2O5PS2. The maximum atomic E-state index is 11.9. The van der Waals surface area contributed by atoms with Crippen LogP contribution in [0.5, 0.6) is 0 Å². The summed E-state index contributed by atoms with van der Waals surface area (Å²) in [5, 5.41) is 0.668. The summed E-state index contributed by atoms with van der Waals surface area (Å²) in [4.78, 5) is 17.4. The van der Waals surface area contributed by atoms with Gasteiger partial charge in [-0.1, -0.05) is 0 Å². The summed E-state index contributed by atoms with van der Waals surface area (Å²) in [5.41, 5.74) is 6.11. The second kappa shape index (κ2) is 4.86. The van der Waals surface area contributed by atoms with Gasteiger partial charge in [-0.2, -0.15) is 4.72 Å². The van der Waals surface area contributed by atoms with Gasteiger partial charge in [-0.15, -0.1) is 11.3 Å². The zero-order chi connectivity index (χ0) is 14.3. The lowest BCUT2D eigenvalue weighted by atomic mass is 10.2. The summed E-state index contributed by atoms with van der Waals surface area (Å²) in [7, 11) is -8.36. The number of nitrogens with one attached hydrogen (secondary N) is 1. The molecular weight excluding hydrogens is 311 g/mol. The monoisotopic (exact) mass is 322 g/mol. The standard InChI is InChI=1S/C9H11N2O5PS2/c10-7-1-2-8-6(3-7)4-9(18-8)19(15,16)11-5-17(12,13)14/h1-4,11H,5,10H2,(H2,12,13,14). The van der Waals surface area contributed by atoms with E-state index in [9.17, 15) is 13.0 Å². The first-order chi connectivity index (χ1) is 8.67. The van der Waals surface area contributed by atoms with Crippen molar-refractivity contribution in [3.8, 4) is 0 Å². The Bertz CT molecular complexity index is 764. The average molecular weight is 322 g/mol. The highest BCUT2D eigenvalue weighted by molar-refractivity contribution is 7.92. The average Bonchev–Trinajstić information content (AvgIpc) is 2.69. The van der Waals surface area contributed by atoms with Crippen LogP contribution in [0.1, 0.15) is 0 Å². The van der Waals surface area contributed by atoms with E-state index in [2.05, 4.69) is 0 Å². The van der Waals surface area contributed by atoms with Crippen LogP contribution in [0, 0.1) is 0 Å². The maximum absolute atomic E-state index is 11.9. The number of rotatable bonds is 4. The first-order valence-electron chi connectivity index (χ1n) is 5.01. The van der Waals surface area contributed by atoms with Gasteiger partial charge < -0.3 is 15.5 Å². The maximum Gasteiger partial charge on any atom is 0.340 e. The second-order valence-corrected chi connectivity index (χ2v) is 8.56. The van der Waals surface area contributed by atoms with Crippen molar-refractivity contribution in [2.45, 2.75) is 4.21 Å². The van der Waals surface area contributed by atoms with Crippen molar-refractivity contribution in [3.63, 3.8) is 0 Å². The lowest BCUT2D eigenvalue weighted by Crippen LogP contribution is -2.23. The van der Waals surface area contributed by atoms with E-state index in [1.165, 1.54) is 6.07 Å². The van der Waals surface area contributed by atoms with Crippen molar-refractivity contribution in [3.05, 3.63) is 24.3 Å². The Morgan fingerprint density at radius 2 is 2.00 bits per heavy atom. The van der Waals surface area contributed by atoms with E-state index in [-0.39, 0.29) is 4.21 Å². The fourth-order valence-electron chi connectivity index (χ4n) is 1.41. The van der Waals surface area contributed by atoms with E-state index in [1.54, 1.807) is 18.2 Å². The molecule has 1 heterocycles. The molecule has 1 aromatic heterocycles. The van der Waals surface area contributed by atoms with Crippen LogP contribution in [-0.2, 0) is 14.6 Å². The van der Waals surface area contributed by atoms with E-state index in [0.29, 0.717) is 11.1 Å². The van der Waals surface area contributed by atoms with Gasteiger partial charge in [-0.25, -0.2) is 8.42 Å². The van der Waals surface area contributed by atoms with Crippen molar-refractivity contribution in [2.24, 2.45) is 0 Å². The number of nitrogen functional groups attached to an aromatic ring is 1. The first-order valence-corrected chi connectivity index (χ1v) is 9.10. The molecule has 2 aromatic rings. The van der Waals surface area contributed by atoms with Crippen LogP contribution in [0.15, 0.2) is 28.5 Å². The number of hydrogen-bond donors (Lipinski definition) is 4. The summed E-state index contributed by atoms with van der Waals surface area (Å²) in [5.74, 6) is 0. The normalized spacial score (nSPS) is 12.9. The Morgan fingerprint density at radius 3 is 2.63 bits per heavy atom. The van der Waals surface area contributed by atoms with Gasteiger partial charge >= 0.3 is 7.60 Å². The van der Waals surface area contributed by atoms with Gasteiger partial charge in [-0.05, 0) is 29.7 Å². The Balaban J connectivity index is 2.35. The van der Waals surface area contributed by atoms with Gasteiger partial charge in [0.05, 0.1) is 0 Å². The molecule has 0 atom stereocenters. The van der Waals surface area contributed by atoms with Gasteiger partial charge in [0.25, 0.3) is 10.0 Å². The van der Waals surface area contributed by atoms with Crippen LogP contribution in [0.4, 0.5) is 5.69 Å². The molecule has 0 saturated heterocycles. The number of thiophene rings is 1. The van der Waals surface area contributed by atoms with Crippen molar-refractivity contribution in [1.29, 1.82) is 0 Å². The van der Waals surface area contributed by atoms with Crippen molar-refractivity contribution < 1.29 is 22.8 Å². The summed E-state index contributed by atoms with van der Waals surface area (Å²) < 4.78 is 37.0. The van der Waals surface area contributed by atoms with Gasteiger partial charge in [-0.3, -0.25) is 4.57 Å². The van der Waals surface area contributed by atoms with Gasteiger partial charge in [0.2, 0.25) is 0 Å². The number of hydrogen-bond acceptors (Lipinski definition) is 5. The lowest BCUT2D eigenvalue weighted by molar-refractivity contribution is 0.371. The number of anilines is 1. The third kappa shape index (κ3) is 3.53. The quantitative estimate of drug-likeness (QED) is 0.489. The van der Waals surface area contributed by atoms with Crippen LogP contribution < -0.4 is 10.5 Å². The SMILES string of the molecule is Nc1ccc2sc(S(=O)(=O)NCP(=O)(O)O)cc2c1. The third-order valence-corrected chi connectivity index (χ3v) is 6.02. The predicted octanol–water partition coefficient (Wildman–Crippen LogP) is 0.897. The van der Waals surface area contributed by atoms with E-state index in [1.807, 2.05) is 4.72 Å². The Morgan fingerprint density at radius 1 is 1.32 bits per heavy atom. The molecule has 10 heteroatoms. The molecule has 1 aromatic carbocycles. The molecule has 104 valence electrons. The molecule has 7 nitrogen and oxygen atoms in total. The first kappa shape index (κ1) is 14.4. The minimum atomic E-state index is -4.43. The van der Waals surface area contributed by atoms with Gasteiger partial charge in [0, 0.05) is 10.4 Å². The number of benzene rings is 1. The molecule has 5 N–H and O–H groups in total. The molecule has 2 rings (SSSR count). The van der Waals surface area contributed by atoms with Crippen LogP contribution in [0.25, 0.3) is 10.1 Å². The van der Waals surface area contributed by atoms with Crippen LogP contribution in [-0.4, -0.2) is 24.5 Å². The van der Waals surface area contributed by atoms with E-state index in [0.717, 1.165) is 16.0 Å². The zero-order valence-corrected chi connectivity index (χ0v) is 12.0. The van der Waals surface area contributed by atoms with Crippen LogP contribution in [0.2, 0.25) is 0 Å². The minimum absolute atomic E-state index is 0.0125. The summed E-state index contributed by atoms with van der Waals surface area (Å²) >= 11 is 1.00. The Kier molecular flexibility index (Phi) is 3.69. The smallest absolute Gasteiger partial charge is 0.340 e. The topological polar surface area (TPSA) is 130 Å². The van der Waals surface area contributed by atoms with E-state index >= 15 is 0 Å². The third-order valence-electron chi connectivity index (χ3n) is 2.24. The Labute approximate surface area is 113 Å². The fraction of sp³-hybridized carbons (Fsp3) is 0.111. The molecule has 0 bridgehead atoms. The number of sulfonamides is 1. The van der Waals surface area contributed by atoms with Crippen molar-refractivity contribution in [1.82, 2.24) is 4.72 Å². The van der Waals surface area contributed by atoms with Gasteiger partial charge in [0.15, 0.2) is 0 Å². The van der Waals surface area contributed by atoms with E-state index in [4.69, 9.17) is 15.5 Å². The molecule has 0 aliphatic carbocycles. The van der Waals surface area contributed by atoms with Crippen molar-refractivity contribution in [2.75, 3.05) is 12.0 Å². The summed E-state index contributed by atoms with van der Waals surface area (Å²) in [6.45, 7) is 0. The summed E-state index contributed by atoms with van der Waals surface area (Å²) in [6.07, 6.45) is -0.925. The predicted molar refractivity (Wildman–Crippen MR) is 73.5 cm³/mol. The molecule has 0 aliphatic heterocycles. The summed E-state index contributed by atoms with van der Waals surface area (Å²) in [6, 6.07) is 6.39. The number of fused-ring (bicyclic) bond motifs is 1. The van der Waals surface area contributed by atoms with Crippen LogP contribution >= 0.6 is 18.9 Å². The minimum Gasteiger partial charge on any atom is -0.399 e. The highest BCUT2D eigenvalue weighted by atomic mass is 32.2. The lowest BCUT2D eigenvalue weighted by Gasteiger charge is -2.05. The molecule has 0 radical (unpaired) electrons. The Hall–Kier alpha value is -0.960. The molecule has 0 spiro atoms. The van der Waals surface area contributed by atoms with Gasteiger partial charge in [0.1, 0.15) is 10.5 Å². The second-order valence-electron chi connectivity index (χ2n) is 3.83. The number of nitrogens with two attached hydrogens (primary N) is 1. The molecule has 0 fully saturated rings. The highest BCUT2D eigenvalue weighted by Crippen LogP contribution is 2.34. The fourth-order valence-corrected chi connectivity index (χ4v) is 4.85. The van der Waals surface area contributed by atoms with Crippen molar-refractivity contribution >= 4 is 44.7 Å². The molecule has 0 aliphatic rings. The molecule has 19 heavy (non-hydrogen) atoms. The molecule has 0 unspecified atom stereocenters. The largest absolute Gasteiger partial charge is 0.399 e. The molecule has 0 amide bonds. The highest BCUT2D eigenvalue weighted by Gasteiger charge is 2.22. The molecule has 0 saturated carbocycles.